The standard InChI is InChI=1S/C24H24Cl2N2O6/c25-20-16(22(30)13-4-2-1-3-5-13)8-10-18(21(20)26)34-15-7-6-14(12-15)23(31)28-17(24(32)33)9-11-19(27)29/h1-5,8,10,14-15,17H,6-7,9,11-12H2,(H2,27,29)(H,28,31)(H,32,33)/t14-,15-,17?/m0/s1. The fourth-order valence-electron chi connectivity index (χ4n) is 3.84. The molecule has 0 bridgehead atoms. The minimum absolute atomic E-state index is 0.0782. The number of ketones is 1. The largest absolute Gasteiger partial charge is 0.489 e. The van der Waals surface area contributed by atoms with Gasteiger partial charge in [-0.15, -0.1) is 0 Å². The van der Waals surface area contributed by atoms with Crippen LogP contribution in [-0.4, -0.2) is 40.8 Å². The van der Waals surface area contributed by atoms with Crippen LogP contribution in [0.3, 0.4) is 0 Å². The number of nitrogens with one attached hydrogen (secondary N) is 1. The van der Waals surface area contributed by atoms with Crippen molar-refractivity contribution in [1.82, 2.24) is 5.32 Å². The lowest BCUT2D eigenvalue weighted by Gasteiger charge is -2.18. The van der Waals surface area contributed by atoms with Crippen LogP contribution in [0, 0.1) is 5.92 Å². The van der Waals surface area contributed by atoms with Gasteiger partial charge in [-0.2, -0.15) is 0 Å². The summed E-state index contributed by atoms with van der Waals surface area (Å²) in [6, 6.07) is 10.6. The summed E-state index contributed by atoms with van der Waals surface area (Å²) in [6.45, 7) is 0. The first-order valence-electron chi connectivity index (χ1n) is 10.7. The zero-order valence-electron chi connectivity index (χ0n) is 18.1. The van der Waals surface area contributed by atoms with Gasteiger partial charge in [0, 0.05) is 23.5 Å². The van der Waals surface area contributed by atoms with Crippen LogP contribution in [-0.2, 0) is 14.4 Å². The van der Waals surface area contributed by atoms with Crippen LogP contribution in [0.4, 0.5) is 0 Å². The molecule has 1 aliphatic carbocycles. The summed E-state index contributed by atoms with van der Waals surface area (Å²) < 4.78 is 5.95. The SMILES string of the molecule is NC(=O)CCC(NC(=O)[C@H]1CC[C@H](Oc2ccc(C(=O)c3ccccc3)c(Cl)c2Cl)C1)C(=O)O. The smallest absolute Gasteiger partial charge is 0.326 e. The summed E-state index contributed by atoms with van der Waals surface area (Å²) >= 11 is 12.7. The highest BCUT2D eigenvalue weighted by atomic mass is 35.5. The number of ether oxygens (including phenoxy) is 1. The predicted molar refractivity (Wildman–Crippen MR) is 126 cm³/mol. The van der Waals surface area contributed by atoms with E-state index in [1.54, 1.807) is 42.5 Å². The number of primary amides is 1. The van der Waals surface area contributed by atoms with E-state index >= 15 is 0 Å². The Bertz CT molecular complexity index is 1090. The Morgan fingerprint density at radius 3 is 2.41 bits per heavy atom. The molecular weight excluding hydrogens is 483 g/mol. The molecule has 0 heterocycles. The summed E-state index contributed by atoms with van der Waals surface area (Å²) in [5, 5.41) is 11.9. The van der Waals surface area contributed by atoms with Crippen molar-refractivity contribution < 1.29 is 29.0 Å². The van der Waals surface area contributed by atoms with Gasteiger partial charge >= 0.3 is 5.97 Å². The van der Waals surface area contributed by atoms with Gasteiger partial charge in [0.25, 0.3) is 0 Å². The number of carboxylic acids is 1. The van der Waals surface area contributed by atoms with Crippen molar-refractivity contribution in [1.29, 1.82) is 0 Å². The Morgan fingerprint density at radius 1 is 1.06 bits per heavy atom. The van der Waals surface area contributed by atoms with Gasteiger partial charge in [-0.1, -0.05) is 53.5 Å². The van der Waals surface area contributed by atoms with E-state index in [0.717, 1.165) is 0 Å². The second-order valence-corrected chi connectivity index (χ2v) is 8.84. The fourth-order valence-corrected chi connectivity index (χ4v) is 4.29. The molecule has 2 aromatic rings. The van der Waals surface area contributed by atoms with Crippen molar-refractivity contribution in [3.63, 3.8) is 0 Å². The molecule has 1 saturated carbocycles. The maximum atomic E-state index is 12.7. The number of carbonyl (C=O) groups is 4. The highest BCUT2D eigenvalue weighted by molar-refractivity contribution is 6.45. The van der Waals surface area contributed by atoms with Gasteiger partial charge in [0.15, 0.2) is 5.78 Å². The van der Waals surface area contributed by atoms with E-state index in [9.17, 15) is 24.3 Å². The van der Waals surface area contributed by atoms with Gasteiger partial charge in [0.05, 0.1) is 11.1 Å². The van der Waals surface area contributed by atoms with Crippen molar-refractivity contribution >= 4 is 46.8 Å². The number of nitrogens with two attached hydrogens (primary N) is 1. The summed E-state index contributed by atoms with van der Waals surface area (Å²) in [7, 11) is 0. The van der Waals surface area contributed by atoms with Crippen molar-refractivity contribution in [2.24, 2.45) is 11.7 Å². The minimum atomic E-state index is -1.23. The molecule has 10 heteroatoms. The van der Waals surface area contributed by atoms with E-state index in [4.69, 9.17) is 33.7 Å². The number of hydrogen-bond donors (Lipinski definition) is 3. The normalized spacial score (nSPS) is 18.2. The summed E-state index contributed by atoms with van der Waals surface area (Å²) in [4.78, 5) is 47.6. The van der Waals surface area contributed by atoms with E-state index in [0.29, 0.717) is 30.6 Å². The Kier molecular flexibility index (Phi) is 8.52. The van der Waals surface area contributed by atoms with E-state index in [1.165, 1.54) is 0 Å². The second kappa shape index (κ2) is 11.4. The van der Waals surface area contributed by atoms with E-state index in [2.05, 4.69) is 5.32 Å². The molecule has 2 amide bonds. The first-order valence-corrected chi connectivity index (χ1v) is 11.5. The zero-order valence-corrected chi connectivity index (χ0v) is 19.6. The lowest BCUT2D eigenvalue weighted by atomic mass is 10.0. The molecule has 1 aliphatic rings. The van der Waals surface area contributed by atoms with Gasteiger partial charge in [0.2, 0.25) is 11.8 Å². The number of hydrogen-bond acceptors (Lipinski definition) is 5. The van der Waals surface area contributed by atoms with E-state index < -0.39 is 29.7 Å². The van der Waals surface area contributed by atoms with Crippen LogP contribution < -0.4 is 15.8 Å². The number of aliphatic carboxylic acids is 1. The van der Waals surface area contributed by atoms with Crippen LogP contribution in [0.1, 0.15) is 48.0 Å². The molecule has 34 heavy (non-hydrogen) atoms. The Hall–Kier alpha value is -3.10. The monoisotopic (exact) mass is 506 g/mol. The number of benzene rings is 2. The number of halogens is 2. The predicted octanol–water partition coefficient (Wildman–Crippen LogP) is 3.61. The van der Waals surface area contributed by atoms with Crippen molar-refractivity contribution in [2.45, 2.75) is 44.2 Å². The second-order valence-electron chi connectivity index (χ2n) is 8.09. The quantitative estimate of drug-likeness (QED) is 0.421. The molecule has 0 aromatic heterocycles. The summed E-state index contributed by atoms with van der Waals surface area (Å²) in [5.74, 6) is -2.70. The molecule has 0 spiro atoms. The number of carboxylic acid groups (broad SMARTS) is 1. The molecule has 1 unspecified atom stereocenters. The summed E-state index contributed by atoms with van der Waals surface area (Å²) in [6.07, 6.45) is 0.839. The molecule has 180 valence electrons. The molecule has 8 nitrogen and oxygen atoms in total. The first-order chi connectivity index (χ1) is 16.2. The average molecular weight is 507 g/mol. The van der Waals surface area contributed by atoms with E-state index in [1.807, 2.05) is 0 Å². The van der Waals surface area contributed by atoms with Crippen LogP contribution in [0.2, 0.25) is 10.0 Å². The third-order valence-electron chi connectivity index (χ3n) is 5.67. The molecule has 0 aliphatic heterocycles. The zero-order chi connectivity index (χ0) is 24.8. The molecular formula is C24H24Cl2N2O6. The highest BCUT2D eigenvalue weighted by Gasteiger charge is 2.34. The first kappa shape index (κ1) is 25.5. The third-order valence-corrected chi connectivity index (χ3v) is 6.53. The van der Waals surface area contributed by atoms with Crippen LogP contribution in [0.5, 0.6) is 5.75 Å². The van der Waals surface area contributed by atoms with Crippen molar-refractivity contribution in [2.75, 3.05) is 0 Å². The number of carbonyl (C=O) groups excluding carboxylic acids is 3. The molecule has 3 rings (SSSR count). The number of rotatable bonds is 10. The highest BCUT2D eigenvalue weighted by Crippen LogP contribution is 2.38. The molecule has 2 aromatic carbocycles. The average Bonchev–Trinajstić information content (AvgIpc) is 3.28. The molecule has 3 atom stereocenters. The Morgan fingerprint density at radius 2 is 1.76 bits per heavy atom. The lowest BCUT2D eigenvalue weighted by molar-refractivity contribution is -0.142. The molecule has 4 N–H and O–H groups in total. The van der Waals surface area contributed by atoms with Crippen molar-refractivity contribution in [3.8, 4) is 5.75 Å². The van der Waals surface area contributed by atoms with Gasteiger partial charge in [-0.25, -0.2) is 4.79 Å². The van der Waals surface area contributed by atoms with E-state index in [-0.39, 0.29) is 40.3 Å². The lowest BCUT2D eigenvalue weighted by Crippen LogP contribution is -2.43. The third kappa shape index (κ3) is 6.27. The Labute approximate surface area is 206 Å². The molecule has 1 fully saturated rings. The fraction of sp³-hybridized carbons (Fsp3) is 0.333. The van der Waals surface area contributed by atoms with Crippen LogP contribution >= 0.6 is 23.2 Å². The van der Waals surface area contributed by atoms with Crippen LogP contribution in [0.25, 0.3) is 0 Å². The molecule has 0 radical (unpaired) electrons. The van der Waals surface area contributed by atoms with Gasteiger partial charge < -0.3 is 20.9 Å². The van der Waals surface area contributed by atoms with Gasteiger partial charge in [0.1, 0.15) is 16.8 Å². The van der Waals surface area contributed by atoms with Gasteiger partial charge in [-0.05, 0) is 37.8 Å². The van der Waals surface area contributed by atoms with Gasteiger partial charge in [-0.3, -0.25) is 14.4 Å². The van der Waals surface area contributed by atoms with Crippen molar-refractivity contribution in [3.05, 3.63) is 63.6 Å². The Balaban J connectivity index is 1.62. The summed E-state index contributed by atoms with van der Waals surface area (Å²) in [5.41, 5.74) is 5.80. The maximum Gasteiger partial charge on any atom is 0.326 e. The molecule has 0 saturated heterocycles. The minimum Gasteiger partial charge on any atom is -0.489 e. The topological polar surface area (TPSA) is 136 Å². The van der Waals surface area contributed by atoms with Crippen LogP contribution in [0.15, 0.2) is 42.5 Å². The number of amides is 2. The maximum absolute atomic E-state index is 12.7.